The van der Waals surface area contributed by atoms with Crippen molar-refractivity contribution in [1.82, 2.24) is 0 Å². The quantitative estimate of drug-likeness (QED) is 0.721. The third kappa shape index (κ3) is 2.30. The van der Waals surface area contributed by atoms with Gasteiger partial charge in [0, 0.05) is 12.2 Å². The van der Waals surface area contributed by atoms with Gasteiger partial charge in [-0.2, -0.15) is 10.5 Å². The van der Waals surface area contributed by atoms with Crippen LogP contribution in [0.15, 0.2) is 18.2 Å². The van der Waals surface area contributed by atoms with Crippen molar-refractivity contribution < 1.29 is 4.74 Å². The van der Waals surface area contributed by atoms with E-state index in [-0.39, 0.29) is 0 Å². The summed E-state index contributed by atoms with van der Waals surface area (Å²) in [5.41, 5.74) is 7.55. The number of nitrogens with two attached hydrogens (primary N) is 1. The number of nitrogens with zero attached hydrogens (tertiary/aromatic N) is 3. The summed E-state index contributed by atoms with van der Waals surface area (Å²) in [5, 5.41) is 17.9. The zero-order valence-electron chi connectivity index (χ0n) is 9.26. The van der Waals surface area contributed by atoms with Gasteiger partial charge in [0.25, 0.3) is 0 Å². The number of morpholine rings is 1. The summed E-state index contributed by atoms with van der Waals surface area (Å²) in [6.45, 7) is 1.65. The molecule has 1 aliphatic rings. The topological polar surface area (TPSA) is 86.1 Å². The van der Waals surface area contributed by atoms with Crippen molar-refractivity contribution in [2.75, 3.05) is 30.3 Å². The lowest BCUT2D eigenvalue weighted by molar-refractivity contribution is 0.0764. The number of rotatable bonds is 1. The zero-order valence-corrected chi connectivity index (χ0v) is 9.26. The number of nitrogen functional groups attached to an aromatic ring is 1. The predicted octanol–water partition coefficient (Wildman–Crippen LogP) is 0.869. The third-order valence-corrected chi connectivity index (χ3v) is 2.69. The van der Waals surface area contributed by atoms with Crippen LogP contribution in [0.25, 0.3) is 0 Å². The summed E-state index contributed by atoms with van der Waals surface area (Å²) >= 11 is 0. The molecule has 2 N–H and O–H groups in total. The van der Waals surface area contributed by atoms with E-state index in [4.69, 9.17) is 21.0 Å². The Hall–Kier alpha value is -2.24. The molecule has 17 heavy (non-hydrogen) atoms. The fraction of sp³-hybridized carbons (Fsp3) is 0.333. The van der Waals surface area contributed by atoms with Crippen LogP contribution in [-0.4, -0.2) is 25.8 Å². The van der Waals surface area contributed by atoms with E-state index in [0.717, 1.165) is 5.69 Å². The van der Waals surface area contributed by atoms with Gasteiger partial charge in [0.1, 0.15) is 6.07 Å². The first kappa shape index (κ1) is 11.3. The molecule has 1 saturated heterocycles. The molecule has 5 nitrogen and oxygen atoms in total. The number of benzene rings is 1. The Morgan fingerprint density at radius 3 is 2.94 bits per heavy atom. The SMILES string of the molecule is N#Cc1cc(N)ccc1N1CCOC(C#N)C1. The molecular formula is C12H12N4O. The van der Waals surface area contributed by atoms with Crippen molar-refractivity contribution in [3.05, 3.63) is 23.8 Å². The smallest absolute Gasteiger partial charge is 0.161 e. The monoisotopic (exact) mass is 228 g/mol. The number of ether oxygens (including phenoxy) is 1. The van der Waals surface area contributed by atoms with Crippen molar-refractivity contribution in [3.8, 4) is 12.1 Å². The van der Waals surface area contributed by atoms with Crippen molar-refractivity contribution in [1.29, 1.82) is 10.5 Å². The van der Waals surface area contributed by atoms with E-state index < -0.39 is 6.10 Å². The van der Waals surface area contributed by atoms with Gasteiger partial charge in [-0.05, 0) is 18.2 Å². The van der Waals surface area contributed by atoms with Gasteiger partial charge in [0.2, 0.25) is 0 Å². The molecule has 0 aromatic heterocycles. The summed E-state index contributed by atoms with van der Waals surface area (Å²) in [4.78, 5) is 1.98. The highest BCUT2D eigenvalue weighted by atomic mass is 16.5. The molecule has 5 heteroatoms. The molecule has 1 fully saturated rings. The van der Waals surface area contributed by atoms with Gasteiger partial charge in [-0.15, -0.1) is 0 Å². The largest absolute Gasteiger partial charge is 0.399 e. The van der Waals surface area contributed by atoms with Crippen molar-refractivity contribution in [3.63, 3.8) is 0 Å². The maximum atomic E-state index is 9.07. The summed E-state index contributed by atoms with van der Waals surface area (Å²) in [6, 6.07) is 9.42. The Balaban J connectivity index is 2.28. The molecule has 1 atom stereocenters. The molecule has 86 valence electrons. The minimum Gasteiger partial charge on any atom is -0.399 e. The average Bonchev–Trinajstić information content (AvgIpc) is 2.38. The molecule has 1 unspecified atom stereocenters. The Labute approximate surface area is 99.6 Å². The first-order chi connectivity index (χ1) is 8.24. The first-order valence-corrected chi connectivity index (χ1v) is 5.30. The molecule has 0 spiro atoms. The minimum absolute atomic E-state index is 0.437. The average molecular weight is 228 g/mol. The summed E-state index contributed by atoms with van der Waals surface area (Å²) < 4.78 is 5.27. The molecular weight excluding hydrogens is 216 g/mol. The second-order valence-electron chi connectivity index (χ2n) is 3.82. The molecule has 0 saturated carbocycles. The van der Waals surface area contributed by atoms with Gasteiger partial charge in [0.15, 0.2) is 6.10 Å². The molecule has 1 aliphatic heterocycles. The predicted molar refractivity (Wildman–Crippen MR) is 63.1 cm³/mol. The van der Waals surface area contributed by atoms with Crippen LogP contribution in [0.5, 0.6) is 0 Å². The fourth-order valence-electron chi connectivity index (χ4n) is 1.87. The second-order valence-corrected chi connectivity index (χ2v) is 3.82. The first-order valence-electron chi connectivity index (χ1n) is 5.30. The van der Waals surface area contributed by atoms with Crippen molar-refractivity contribution >= 4 is 11.4 Å². The standard InChI is InChI=1S/C12H12N4O/c13-6-9-5-10(15)1-2-12(9)16-3-4-17-11(7-14)8-16/h1-2,5,11H,3-4,8,15H2. The number of hydrogen-bond donors (Lipinski definition) is 1. The minimum atomic E-state index is -0.437. The van der Waals surface area contributed by atoms with Crippen LogP contribution in [0.1, 0.15) is 5.56 Å². The van der Waals surface area contributed by atoms with Crippen LogP contribution >= 0.6 is 0 Å². The molecule has 1 heterocycles. The van der Waals surface area contributed by atoms with Crippen molar-refractivity contribution in [2.45, 2.75) is 6.10 Å². The maximum Gasteiger partial charge on any atom is 0.161 e. The number of nitriles is 2. The fourth-order valence-corrected chi connectivity index (χ4v) is 1.87. The summed E-state index contributed by atoms with van der Waals surface area (Å²) in [6.07, 6.45) is -0.437. The molecule has 0 bridgehead atoms. The third-order valence-electron chi connectivity index (χ3n) is 2.69. The maximum absolute atomic E-state index is 9.07. The molecule has 1 aromatic carbocycles. The summed E-state index contributed by atoms with van der Waals surface area (Å²) in [7, 11) is 0. The van der Waals surface area contributed by atoms with E-state index in [2.05, 4.69) is 12.1 Å². The van der Waals surface area contributed by atoms with Gasteiger partial charge in [-0.1, -0.05) is 0 Å². The highest BCUT2D eigenvalue weighted by Crippen LogP contribution is 2.24. The van der Waals surface area contributed by atoms with Crippen LogP contribution in [-0.2, 0) is 4.74 Å². The van der Waals surface area contributed by atoms with Crippen LogP contribution in [0, 0.1) is 22.7 Å². The van der Waals surface area contributed by atoms with E-state index in [1.807, 2.05) is 11.0 Å². The Bertz CT molecular complexity index is 500. The lowest BCUT2D eigenvalue weighted by atomic mass is 10.1. The molecule has 0 amide bonds. The Morgan fingerprint density at radius 2 is 2.24 bits per heavy atom. The molecule has 0 radical (unpaired) electrons. The van der Waals surface area contributed by atoms with Gasteiger partial charge in [-0.3, -0.25) is 0 Å². The van der Waals surface area contributed by atoms with Gasteiger partial charge in [-0.25, -0.2) is 0 Å². The van der Waals surface area contributed by atoms with E-state index in [0.29, 0.717) is 30.9 Å². The van der Waals surface area contributed by atoms with E-state index in [9.17, 15) is 0 Å². The summed E-state index contributed by atoms with van der Waals surface area (Å²) in [5.74, 6) is 0. The normalized spacial score (nSPS) is 19.4. The Morgan fingerprint density at radius 1 is 1.41 bits per heavy atom. The molecule has 0 aliphatic carbocycles. The van der Waals surface area contributed by atoms with Crippen LogP contribution in [0.3, 0.4) is 0 Å². The second kappa shape index (κ2) is 4.73. The number of anilines is 2. The van der Waals surface area contributed by atoms with Crippen LogP contribution < -0.4 is 10.6 Å². The van der Waals surface area contributed by atoms with Gasteiger partial charge >= 0.3 is 0 Å². The lowest BCUT2D eigenvalue weighted by Gasteiger charge is -2.32. The van der Waals surface area contributed by atoms with E-state index in [1.165, 1.54) is 0 Å². The lowest BCUT2D eigenvalue weighted by Crippen LogP contribution is -2.42. The van der Waals surface area contributed by atoms with Crippen LogP contribution in [0.4, 0.5) is 11.4 Å². The van der Waals surface area contributed by atoms with E-state index in [1.54, 1.807) is 12.1 Å². The van der Waals surface area contributed by atoms with E-state index >= 15 is 0 Å². The highest BCUT2D eigenvalue weighted by Gasteiger charge is 2.21. The highest BCUT2D eigenvalue weighted by molar-refractivity contribution is 5.64. The van der Waals surface area contributed by atoms with Gasteiger partial charge in [0.05, 0.1) is 30.5 Å². The number of hydrogen-bond acceptors (Lipinski definition) is 5. The molecule has 2 rings (SSSR count). The van der Waals surface area contributed by atoms with Crippen molar-refractivity contribution in [2.24, 2.45) is 0 Å². The molecule has 1 aromatic rings. The Kier molecular flexibility index (Phi) is 3.13. The van der Waals surface area contributed by atoms with Crippen LogP contribution in [0.2, 0.25) is 0 Å². The van der Waals surface area contributed by atoms with Gasteiger partial charge < -0.3 is 15.4 Å². The zero-order chi connectivity index (χ0) is 12.3.